The molecule has 0 bridgehead atoms. The molecule has 0 radical (unpaired) electrons. The Bertz CT molecular complexity index is 431. The van der Waals surface area contributed by atoms with Crippen molar-refractivity contribution in [2.24, 2.45) is 7.05 Å². The molecule has 19 heavy (non-hydrogen) atoms. The highest BCUT2D eigenvalue weighted by Gasteiger charge is 2.26. The summed E-state index contributed by atoms with van der Waals surface area (Å²) in [5.74, 6) is 0.445. The van der Waals surface area contributed by atoms with Crippen LogP contribution in [0.5, 0.6) is 0 Å². The van der Waals surface area contributed by atoms with E-state index in [9.17, 15) is 10.1 Å². The van der Waals surface area contributed by atoms with Gasteiger partial charge in [0.05, 0.1) is 11.5 Å². The Morgan fingerprint density at radius 3 is 2.74 bits per heavy atom. The van der Waals surface area contributed by atoms with E-state index in [1.165, 1.54) is 4.68 Å². The summed E-state index contributed by atoms with van der Waals surface area (Å²) in [5.41, 5.74) is 0.605. The summed E-state index contributed by atoms with van der Waals surface area (Å²) in [4.78, 5) is 10.8. The number of rotatable bonds is 8. The second kappa shape index (κ2) is 7.08. The van der Waals surface area contributed by atoms with Crippen molar-refractivity contribution in [1.29, 1.82) is 0 Å². The molecule has 1 N–H and O–H groups in total. The smallest absolute Gasteiger partial charge is 0.334 e. The second-order valence-electron chi connectivity index (χ2n) is 4.48. The number of nitrogens with one attached hydrogen (secondary N) is 1. The fourth-order valence-corrected chi connectivity index (χ4v) is 1.90. The molecule has 0 spiro atoms. The number of hydrogen-bond donors (Lipinski definition) is 1. The van der Waals surface area contributed by atoms with Crippen LogP contribution in [0.1, 0.15) is 32.9 Å². The van der Waals surface area contributed by atoms with Crippen LogP contribution in [0.4, 0.5) is 11.5 Å². The average Bonchev–Trinajstić information content (AvgIpc) is 2.64. The number of ether oxygens (including phenoxy) is 1. The number of aryl methyl sites for hydroxylation is 2. The number of anilines is 1. The highest BCUT2D eigenvalue weighted by Crippen LogP contribution is 2.29. The molecule has 0 amide bonds. The Labute approximate surface area is 113 Å². The van der Waals surface area contributed by atoms with E-state index in [0.717, 1.165) is 6.42 Å². The maximum atomic E-state index is 11.2. The summed E-state index contributed by atoms with van der Waals surface area (Å²) in [6, 6.07) is -0.0106. The molecule has 0 saturated heterocycles. The Kier molecular flexibility index (Phi) is 5.75. The van der Waals surface area contributed by atoms with Crippen LogP contribution in [0.15, 0.2) is 0 Å². The minimum Gasteiger partial charge on any atom is -0.380 e. The lowest BCUT2D eigenvalue weighted by Crippen LogP contribution is -2.23. The van der Waals surface area contributed by atoms with Crippen molar-refractivity contribution in [2.75, 3.05) is 18.5 Å². The molecule has 0 saturated carbocycles. The molecule has 0 aromatic carbocycles. The van der Waals surface area contributed by atoms with Gasteiger partial charge in [-0.05, 0) is 20.3 Å². The van der Waals surface area contributed by atoms with Gasteiger partial charge in [0.15, 0.2) is 0 Å². The van der Waals surface area contributed by atoms with E-state index in [-0.39, 0.29) is 16.7 Å². The van der Waals surface area contributed by atoms with E-state index in [1.54, 1.807) is 7.05 Å². The average molecular weight is 270 g/mol. The molecular formula is C12H22N4O3. The largest absolute Gasteiger partial charge is 0.380 e. The van der Waals surface area contributed by atoms with E-state index in [2.05, 4.69) is 10.4 Å². The SMILES string of the molecule is CCCc1nn(C)c(NC(C)COCC)c1[N+](=O)[O-]. The molecule has 0 aliphatic heterocycles. The Balaban J connectivity index is 2.95. The Morgan fingerprint density at radius 2 is 2.21 bits per heavy atom. The monoisotopic (exact) mass is 270 g/mol. The van der Waals surface area contributed by atoms with Gasteiger partial charge in [-0.15, -0.1) is 0 Å². The molecule has 1 atom stereocenters. The third-order valence-electron chi connectivity index (χ3n) is 2.72. The highest BCUT2D eigenvalue weighted by molar-refractivity contribution is 5.60. The lowest BCUT2D eigenvalue weighted by Gasteiger charge is -2.14. The normalized spacial score (nSPS) is 12.4. The fraction of sp³-hybridized carbons (Fsp3) is 0.750. The zero-order chi connectivity index (χ0) is 14.4. The van der Waals surface area contributed by atoms with Crippen molar-refractivity contribution < 1.29 is 9.66 Å². The molecule has 1 aromatic heterocycles. The molecule has 1 aromatic rings. The van der Waals surface area contributed by atoms with Gasteiger partial charge in [-0.1, -0.05) is 13.3 Å². The standard InChI is InChI=1S/C12H22N4O3/c1-5-7-10-11(16(17)18)12(15(4)14-10)13-9(3)8-19-6-2/h9,13H,5-8H2,1-4H3. The van der Waals surface area contributed by atoms with Crippen LogP contribution in [0.25, 0.3) is 0 Å². The molecule has 108 valence electrons. The lowest BCUT2D eigenvalue weighted by molar-refractivity contribution is -0.384. The van der Waals surface area contributed by atoms with Crippen LogP contribution in [-0.4, -0.2) is 34.0 Å². The quantitative estimate of drug-likeness (QED) is 0.578. The number of nitro groups is 1. The first-order valence-corrected chi connectivity index (χ1v) is 6.55. The van der Waals surface area contributed by atoms with Crippen LogP contribution in [0.2, 0.25) is 0 Å². The van der Waals surface area contributed by atoms with Crippen molar-refractivity contribution in [1.82, 2.24) is 9.78 Å². The summed E-state index contributed by atoms with van der Waals surface area (Å²) < 4.78 is 6.83. The van der Waals surface area contributed by atoms with Crippen LogP contribution >= 0.6 is 0 Å². The molecule has 0 aliphatic rings. The molecule has 0 aliphatic carbocycles. The maximum absolute atomic E-state index is 11.2. The minimum atomic E-state index is -0.367. The van der Waals surface area contributed by atoms with Crippen LogP contribution < -0.4 is 5.32 Å². The van der Waals surface area contributed by atoms with Crippen molar-refractivity contribution in [3.63, 3.8) is 0 Å². The van der Waals surface area contributed by atoms with Crippen molar-refractivity contribution in [2.45, 2.75) is 39.7 Å². The predicted octanol–water partition coefficient (Wildman–Crippen LogP) is 2.12. The first-order valence-electron chi connectivity index (χ1n) is 6.55. The summed E-state index contributed by atoms with van der Waals surface area (Å²) >= 11 is 0. The van der Waals surface area contributed by atoms with E-state index < -0.39 is 0 Å². The second-order valence-corrected chi connectivity index (χ2v) is 4.48. The van der Waals surface area contributed by atoms with Gasteiger partial charge in [0.25, 0.3) is 0 Å². The van der Waals surface area contributed by atoms with Crippen LogP contribution in [-0.2, 0) is 18.2 Å². The number of nitrogens with zero attached hydrogens (tertiary/aromatic N) is 3. The van der Waals surface area contributed by atoms with Gasteiger partial charge < -0.3 is 10.1 Å². The zero-order valence-corrected chi connectivity index (χ0v) is 12.0. The molecular weight excluding hydrogens is 248 g/mol. The summed E-state index contributed by atoms with van der Waals surface area (Å²) in [7, 11) is 1.71. The topological polar surface area (TPSA) is 82.2 Å². The summed E-state index contributed by atoms with van der Waals surface area (Å²) in [6.45, 7) is 6.94. The Morgan fingerprint density at radius 1 is 1.53 bits per heavy atom. The minimum absolute atomic E-state index is 0.0106. The van der Waals surface area contributed by atoms with E-state index >= 15 is 0 Å². The lowest BCUT2D eigenvalue weighted by atomic mass is 10.2. The maximum Gasteiger partial charge on any atom is 0.334 e. The molecule has 1 rings (SSSR count). The van der Waals surface area contributed by atoms with Gasteiger partial charge in [-0.25, -0.2) is 4.68 Å². The molecule has 1 unspecified atom stereocenters. The zero-order valence-electron chi connectivity index (χ0n) is 12.0. The highest BCUT2D eigenvalue weighted by atomic mass is 16.6. The van der Waals surface area contributed by atoms with E-state index in [4.69, 9.17) is 4.74 Å². The first kappa shape index (κ1) is 15.4. The molecule has 1 heterocycles. The molecule has 0 fully saturated rings. The van der Waals surface area contributed by atoms with Crippen LogP contribution in [0.3, 0.4) is 0 Å². The molecule has 7 nitrogen and oxygen atoms in total. The third kappa shape index (κ3) is 3.92. The van der Waals surface area contributed by atoms with Gasteiger partial charge >= 0.3 is 5.69 Å². The number of aromatic nitrogens is 2. The summed E-state index contributed by atoms with van der Waals surface area (Å²) in [6.07, 6.45) is 1.43. The number of hydrogen-bond acceptors (Lipinski definition) is 5. The van der Waals surface area contributed by atoms with Gasteiger partial charge in [0.1, 0.15) is 5.69 Å². The van der Waals surface area contributed by atoms with Gasteiger partial charge in [0.2, 0.25) is 5.82 Å². The molecule has 7 heteroatoms. The summed E-state index contributed by atoms with van der Waals surface area (Å²) in [5, 5.41) is 18.5. The van der Waals surface area contributed by atoms with E-state index in [1.807, 2.05) is 20.8 Å². The van der Waals surface area contributed by atoms with Crippen molar-refractivity contribution in [3.05, 3.63) is 15.8 Å². The Hall–Kier alpha value is -1.63. The first-order chi connectivity index (χ1) is 9.01. The van der Waals surface area contributed by atoms with Crippen LogP contribution in [0, 0.1) is 10.1 Å². The fourth-order valence-electron chi connectivity index (χ4n) is 1.90. The van der Waals surface area contributed by atoms with Crippen molar-refractivity contribution in [3.8, 4) is 0 Å². The van der Waals surface area contributed by atoms with Gasteiger partial charge in [-0.2, -0.15) is 5.10 Å². The predicted molar refractivity (Wildman–Crippen MR) is 73.4 cm³/mol. The third-order valence-corrected chi connectivity index (χ3v) is 2.72. The van der Waals surface area contributed by atoms with Crippen molar-refractivity contribution >= 4 is 11.5 Å². The van der Waals surface area contributed by atoms with Gasteiger partial charge in [-0.3, -0.25) is 10.1 Å². The van der Waals surface area contributed by atoms with Gasteiger partial charge in [0, 0.05) is 19.7 Å². The van der Waals surface area contributed by atoms with E-state index in [0.29, 0.717) is 31.1 Å².